The molecule has 0 radical (unpaired) electrons. The van der Waals surface area contributed by atoms with Gasteiger partial charge >= 0.3 is 6.61 Å². The maximum Gasteiger partial charge on any atom is 0.387 e. The predicted molar refractivity (Wildman–Crippen MR) is 94.0 cm³/mol. The topological polar surface area (TPSA) is 56.1 Å². The molecule has 0 saturated carbocycles. The fourth-order valence-electron chi connectivity index (χ4n) is 2.39. The predicted octanol–water partition coefficient (Wildman–Crippen LogP) is 4.31. The number of halogens is 3. The zero-order chi connectivity index (χ0) is 18.5. The fraction of sp³-hybridized carbons (Fsp3) is 0.111. The lowest BCUT2D eigenvalue weighted by Crippen LogP contribution is -2.16. The maximum absolute atomic E-state index is 12.3. The molecular weight excluding hydrogens is 364 g/mol. The molecule has 1 aromatic heterocycles. The Morgan fingerprint density at radius 1 is 1.23 bits per heavy atom. The fourth-order valence-corrected chi connectivity index (χ4v) is 2.56. The summed E-state index contributed by atoms with van der Waals surface area (Å²) in [6.45, 7) is -2.88. The Kier molecular flexibility index (Phi) is 5.48. The van der Waals surface area contributed by atoms with Crippen LogP contribution in [0.3, 0.4) is 0 Å². The highest BCUT2D eigenvalue weighted by Crippen LogP contribution is 2.24. The number of anilines is 1. The largest absolute Gasteiger partial charge is 0.435 e. The van der Waals surface area contributed by atoms with E-state index in [0.29, 0.717) is 22.0 Å². The molecule has 5 nitrogen and oxygen atoms in total. The summed E-state index contributed by atoms with van der Waals surface area (Å²) < 4.78 is 30.2. The van der Waals surface area contributed by atoms with E-state index in [9.17, 15) is 13.6 Å². The van der Waals surface area contributed by atoms with E-state index >= 15 is 0 Å². The lowest BCUT2D eigenvalue weighted by atomic mass is 10.1. The van der Waals surface area contributed by atoms with Gasteiger partial charge in [0.15, 0.2) is 0 Å². The number of carbonyl (C=O) groups is 1. The third kappa shape index (κ3) is 4.58. The molecule has 0 bridgehead atoms. The zero-order valence-electron chi connectivity index (χ0n) is 13.4. The van der Waals surface area contributed by atoms with E-state index in [1.165, 1.54) is 12.1 Å². The van der Waals surface area contributed by atoms with E-state index in [2.05, 4.69) is 15.2 Å². The van der Waals surface area contributed by atoms with Crippen molar-refractivity contribution in [3.05, 3.63) is 71.5 Å². The number of benzene rings is 2. The van der Waals surface area contributed by atoms with E-state index < -0.39 is 6.61 Å². The summed E-state index contributed by atoms with van der Waals surface area (Å²) in [4.78, 5) is 12.3. The Bertz CT molecular complexity index is 884. The summed E-state index contributed by atoms with van der Waals surface area (Å²) in [5.41, 5.74) is 1.85. The van der Waals surface area contributed by atoms with Crippen LogP contribution in [0, 0.1) is 0 Å². The van der Waals surface area contributed by atoms with Gasteiger partial charge in [-0.2, -0.15) is 13.9 Å². The number of hydrogen-bond acceptors (Lipinski definition) is 3. The van der Waals surface area contributed by atoms with Gasteiger partial charge in [-0.15, -0.1) is 0 Å². The molecule has 1 heterocycles. The summed E-state index contributed by atoms with van der Waals surface area (Å²) >= 11 is 6.02. The molecule has 0 aliphatic carbocycles. The molecule has 0 aliphatic heterocycles. The van der Waals surface area contributed by atoms with Crippen molar-refractivity contribution < 1.29 is 18.3 Å². The summed E-state index contributed by atoms with van der Waals surface area (Å²) in [6.07, 6.45) is 3.45. The standard InChI is InChI=1S/C18H14ClF2N3O2/c19-13-4-7-16(24-9-1-8-22-24)15(11-13)23-17(25)10-12-2-5-14(6-3-12)26-18(20)21/h1-9,11,18H,10H2,(H,23,25). The smallest absolute Gasteiger partial charge is 0.387 e. The Labute approximate surface area is 153 Å². The van der Waals surface area contributed by atoms with Crippen LogP contribution < -0.4 is 10.1 Å². The highest BCUT2D eigenvalue weighted by molar-refractivity contribution is 6.31. The lowest BCUT2D eigenvalue weighted by Gasteiger charge is -2.12. The second-order valence-electron chi connectivity index (χ2n) is 5.36. The number of nitrogens with zero attached hydrogens (tertiary/aromatic N) is 2. The average Bonchev–Trinajstić information content (AvgIpc) is 3.10. The monoisotopic (exact) mass is 377 g/mol. The van der Waals surface area contributed by atoms with E-state index in [1.807, 2.05) is 0 Å². The van der Waals surface area contributed by atoms with Gasteiger partial charge in [0, 0.05) is 17.4 Å². The van der Waals surface area contributed by atoms with Crippen LogP contribution in [0.25, 0.3) is 5.69 Å². The molecule has 1 amide bonds. The van der Waals surface area contributed by atoms with Gasteiger partial charge in [0.05, 0.1) is 17.8 Å². The number of hydrogen-bond donors (Lipinski definition) is 1. The van der Waals surface area contributed by atoms with E-state index in [-0.39, 0.29) is 18.1 Å². The molecule has 1 N–H and O–H groups in total. The first kappa shape index (κ1) is 17.9. The molecule has 3 aromatic rings. The minimum absolute atomic E-state index is 0.0416. The number of carbonyl (C=O) groups excluding carboxylic acids is 1. The van der Waals surface area contributed by atoms with Crippen molar-refractivity contribution in [2.75, 3.05) is 5.32 Å². The Morgan fingerprint density at radius 3 is 2.65 bits per heavy atom. The third-order valence-corrected chi connectivity index (χ3v) is 3.73. The van der Waals surface area contributed by atoms with Gasteiger partial charge in [0.25, 0.3) is 0 Å². The van der Waals surface area contributed by atoms with Crippen molar-refractivity contribution in [3.8, 4) is 11.4 Å². The number of ether oxygens (including phenoxy) is 1. The van der Waals surface area contributed by atoms with Crippen molar-refractivity contribution in [2.45, 2.75) is 13.0 Å². The first-order chi connectivity index (χ1) is 12.5. The minimum atomic E-state index is -2.88. The van der Waals surface area contributed by atoms with Crippen LogP contribution in [0.5, 0.6) is 5.75 Å². The third-order valence-electron chi connectivity index (χ3n) is 3.50. The Hall–Kier alpha value is -2.93. The van der Waals surface area contributed by atoms with Crippen LogP contribution in [-0.2, 0) is 11.2 Å². The summed E-state index contributed by atoms with van der Waals surface area (Å²) in [7, 11) is 0. The second-order valence-corrected chi connectivity index (χ2v) is 5.80. The van der Waals surface area contributed by atoms with Crippen molar-refractivity contribution in [2.24, 2.45) is 0 Å². The quantitative estimate of drug-likeness (QED) is 0.696. The zero-order valence-corrected chi connectivity index (χ0v) is 14.2. The SMILES string of the molecule is O=C(Cc1ccc(OC(F)F)cc1)Nc1cc(Cl)ccc1-n1cccn1. The van der Waals surface area contributed by atoms with Crippen LogP contribution in [0.15, 0.2) is 60.9 Å². The maximum atomic E-state index is 12.3. The van der Waals surface area contributed by atoms with Crippen molar-refractivity contribution in [1.82, 2.24) is 9.78 Å². The molecule has 2 aromatic carbocycles. The van der Waals surface area contributed by atoms with Crippen molar-refractivity contribution in [1.29, 1.82) is 0 Å². The molecule has 0 unspecified atom stereocenters. The Morgan fingerprint density at radius 2 is 2.00 bits per heavy atom. The van der Waals surface area contributed by atoms with Gasteiger partial charge < -0.3 is 10.1 Å². The first-order valence-corrected chi connectivity index (χ1v) is 8.02. The second kappa shape index (κ2) is 7.97. The molecule has 134 valence electrons. The normalized spacial score (nSPS) is 10.8. The van der Waals surface area contributed by atoms with E-state index in [4.69, 9.17) is 11.6 Å². The highest BCUT2D eigenvalue weighted by atomic mass is 35.5. The van der Waals surface area contributed by atoms with Gasteiger partial charge in [-0.1, -0.05) is 23.7 Å². The van der Waals surface area contributed by atoms with Crippen molar-refractivity contribution >= 4 is 23.2 Å². The van der Waals surface area contributed by atoms with E-state index in [0.717, 1.165) is 0 Å². The number of rotatable bonds is 6. The summed E-state index contributed by atoms with van der Waals surface area (Å²) in [5, 5.41) is 7.42. The molecule has 0 fully saturated rings. The molecule has 0 atom stereocenters. The molecule has 26 heavy (non-hydrogen) atoms. The van der Waals surface area contributed by atoms with Crippen LogP contribution in [-0.4, -0.2) is 22.3 Å². The number of amides is 1. The number of nitrogens with one attached hydrogen (secondary N) is 1. The van der Waals surface area contributed by atoms with Gasteiger partial charge in [-0.05, 0) is 42.0 Å². The molecular formula is C18H14ClF2N3O2. The summed E-state index contributed by atoms with van der Waals surface area (Å²) in [6, 6.07) is 12.8. The van der Waals surface area contributed by atoms with Crippen LogP contribution in [0.2, 0.25) is 5.02 Å². The Balaban J connectivity index is 1.71. The number of alkyl halides is 2. The molecule has 0 saturated heterocycles. The van der Waals surface area contributed by atoms with Gasteiger partial charge in [0.1, 0.15) is 5.75 Å². The molecule has 0 spiro atoms. The van der Waals surface area contributed by atoms with Crippen LogP contribution in [0.4, 0.5) is 14.5 Å². The number of aromatic nitrogens is 2. The van der Waals surface area contributed by atoms with Gasteiger partial charge in [0.2, 0.25) is 5.91 Å². The summed E-state index contributed by atoms with van der Waals surface area (Å²) in [5.74, 6) is -0.233. The molecule has 3 rings (SSSR count). The van der Waals surface area contributed by atoms with Gasteiger partial charge in [-0.3, -0.25) is 4.79 Å². The van der Waals surface area contributed by atoms with Crippen LogP contribution in [0.1, 0.15) is 5.56 Å². The molecule has 8 heteroatoms. The highest BCUT2D eigenvalue weighted by Gasteiger charge is 2.11. The lowest BCUT2D eigenvalue weighted by molar-refractivity contribution is -0.115. The van der Waals surface area contributed by atoms with Crippen LogP contribution >= 0.6 is 11.6 Å². The minimum Gasteiger partial charge on any atom is -0.435 e. The first-order valence-electron chi connectivity index (χ1n) is 7.64. The van der Waals surface area contributed by atoms with E-state index in [1.54, 1.807) is 53.5 Å². The molecule has 0 aliphatic rings. The van der Waals surface area contributed by atoms with Crippen molar-refractivity contribution in [3.63, 3.8) is 0 Å². The van der Waals surface area contributed by atoms with Gasteiger partial charge in [-0.25, -0.2) is 4.68 Å². The average molecular weight is 378 g/mol.